The van der Waals surface area contributed by atoms with Crippen LogP contribution in [-0.4, -0.2) is 31.7 Å². The van der Waals surface area contributed by atoms with E-state index in [9.17, 15) is 9.18 Å². The van der Waals surface area contributed by atoms with Gasteiger partial charge in [0.05, 0.1) is 0 Å². The van der Waals surface area contributed by atoms with Crippen LogP contribution in [0.1, 0.15) is 18.4 Å². The van der Waals surface area contributed by atoms with Crippen LogP contribution in [0.2, 0.25) is 0 Å². The smallest absolute Gasteiger partial charge is 0.256 e. The molecule has 0 bridgehead atoms. The summed E-state index contributed by atoms with van der Waals surface area (Å²) in [6, 6.07) is 13.4. The van der Waals surface area contributed by atoms with Gasteiger partial charge in [-0.05, 0) is 55.8 Å². The molecule has 0 aliphatic carbocycles. The molecule has 1 amide bonds. The molecule has 1 aliphatic rings. The number of anilines is 1. The van der Waals surface area contributed by atoms with E-state index >= 15 is 0 Å². The number of ether oxygens (including phenoxy) is 2. The molecule has 2 aromatic carbocycles. The van der Waals surface area contributed by atoms with Gasteiger partial charge >= 0.3 is 0 Å². The Kier molecular flexibility index (Phi) is 5.85. The quantitative estimate of drug-likeness (QED) is 0.833. The Labute approximate surface area is 152 Å². The summed E-state index contributed by atoms with van der Waals surface area (Å²) in [6.45, 7) is 1.75. The van der Waals surface area contributed by atoms with Gasteiger partial charge in [0.2, 0.25) is 0 Å². The Bertz CT molecular complexity index is 760. The van der Waals surface area contributed by atoms with Gasteiger partial charge in [-0.25, -0.2) is 4.39 Å². The van der Waals surface area contributed by atoms with Gasteiger partial charge in [0.25, 0.3) is 5.91 Å². The first-order chi connectivity index (χ1) is 12.6. The van der Waals surface area contributed by atoms with Gasteiger partial charge in [0.1, 0.15) is 23.8 Å². The molecule has 0 spiro atoms. The largest absolute Gasteiger partial charge is 0.489 e. The number of carbonyl (C=O) groups excluding carboxylic acids is 1. The molecule has 1 saturated heterocycles. The van der Waals surface area contributed by atoms with Gasteiger partial charge in [0.15, 0.2) is 0 Å². The van der Waals surface area contributed by atoms with Crippen LogP contribution in [0, 0.1) is 5.82 Å². The van der Waals surface area contributed by atoms with E-state index in [0.29, 0.717) is 24.3 Å². The average molecular weight is 358 g/mol. The number of halogens is 1. The summed E-state index contributed by atoms with van der Waals surface area (Å²) >= 11 is 0. The number of benzene rings is 2. The zero-order valence-electron chi connectivity index (χ0n) is 14.8. The monoisotopic (exact) mass is 358 g/mol. The van der Waals surface area contributed by atoms with Gasteiger partial charge in [-0.1, -0.05) is 18.2 Å². The summed E-state index contributed by atoms with van der Waals surface area (Å²) in [5.74, 6) is 0.159. The van der Waals surface area contributed by atoms with Crippen molar-refractivity contribution in [2.24, 2.45) is 0 Å². The van der Waals surface area contributed by atoms with Crippen molar-refractivity contribution in [1.82, 2.24) is 5.32 Å². The van der Waals surface area contributed by atoms with Gasteiger partial charge in [-0.3, -0.25) is 4.79 Å². The fourth-order valence-electron chi connectivity index (χ4n) is 3.06. The minimum Gasteiger partial charge on any atom is -0.489 e. The molecule has 1 aliphatic heterocycles. The predicted octanol–water partition coefficient (Wildman–Crippen LogP) is 3.11. The number of amides is 1. The Morgan fingerprint density at radius 3 is 2.69 bits per heavy atom. The predicted molar refractivity (Wildman–Crippen MR) is 97.6 cm³/mol. The second kappa shape index (κ2) is 8.29. The molecule has 0 saturated carbocycles. The highest BCUT2D eigenvalue weighted by atomic mass is 19.1. The van der Waals surface area contributed by atoms with E-state index < -0.39 is 5.60 Å². The zero-order valence-corrected chi connectivity index (χ0v) is 14.8. The minimum atomic E-state index is -0.802. The lowest BCUT2D eigenvalue weighted by molar-refractivity contribution is -0.140. The first-order valence-electron chi connectivity index (χ1n) is 8.66. The van der Waals surface area contributed by atoms with Crippen molar-refractivity contribution in [1.29, 1.82) is 0 Å². The maximum Gasteiger partial charge on any atom is 0.256 e. The lowest BCUT2D eigenvalue weighted by Crippen LogP contribution is -2.51. The summed E-state index contributed by atoms with van der Waals surface area (Å²) in [6.07, 6.45) is 1.26. The summed E-state index contributed by atoms with van der Waals surface area (Å²) < 4.78 is 24.5. The van der Waals surface area contributed by atoms with E-state index in [4.69, 9.17) is 9.47 Å². The van der Waals surface area contributed by atoms with Crippen molar-refractivity contribution in [2.45, 2.75) is 25.0 Å². The van der Waals surface area contributed by atoms with Crippen LogP contribution in [0.5, 0.6) is 5.75 Å². The third-order valence-electron chi connectivity index (χ3n) is 4.60. The standard InChI is InChI=1S/C20H23FN2O3/c1-25-20(8-10-22-11-9-20)19(24)23-17-6-3-7-18(13-17)26-14-15-4-2-5-16(21)12-15/h2-7,12-13,22H,8-11,14H2,1H3,(H,23,24). The summed E-state index contributed by atoms with van der Waals surface area (Å²) in [5.41, 5.74) is 0.582. The van der Waals surface area contributed by atoms with Gasteiger partial charge < -0.3 is 20.1 Å². The van der Waals surface area contributed by atoms with Crippen LogP contribution >= 0.6 is 0 Å². The number of carbonyl (C=O) groups is 1. The van der Waals surface area contributed by atoms with Crippen LogP contribution in [0.3, 0.4) is 0 Å². The molecule has 1 fully saturated rings. The molecule has 138 valence electrons. The summed E-state index contributed by atoms with van der Waals surface area (Å²) in [4.78, 5) is 12.7. The van der Waals surface area contributed by atoms with E-state index in [1.54, 1.807) is 43.5 Å². The fraction of sp³-hybridized carbons (Fsp3) is 0.350. The topological polar surface area (TPSA) is 59.6 Å². The average Bonchev–Trinajstić information content (AvgIpc) is 2.67. The van der Waals surface area contributed by atoms with Crippen molar-refractivity contribution >= 4 is 11.6 Å². The maximum absolute atomic E-state index is 13.2. The third-order valence-corrected chi connectivity index (χ3v) is 4.60. The third kappa shape index (κ3) is 4.39. The number of methoxy groups -OCH3 is 1. The van der Waals surface area contributed by atoms with Crippen molar-refractivity contribution in [3.05, 3.63) is 59.9 Å². The number of piperidine rings is 1. The van der Waals surface area contributed by atoms with Crippen LogP contribution in [0.15, 0.2) is 48.5 Å². The second-order valence-corrected chi connectivity index (χ2v) is 6.35. The normalized spacial score (nSPS) is 16.1. The lowest BCUT2D eigenvalue weighted by atomic mass is 9.91. The zero-order chi connectivity index (χ0) is 18.4. The van der Waals surface area contributed by atoms with Gasteiger partial charge in [0, 0.05) is 18.9 Å². The summed E-state index contributed by atoms with van der Waals surface area (Å²) in [7, 11) is 1.57. The van der Waals surface area contributed by atoms with Crippen molar-refractivity contribution in [3.8, 4) is 5.75 Å². The Morgan fingerprint density at radius 1 is 1.19 bits per heavy atom. The van der Waals surface area contributed by atoms with Crippen molar-refractivity contribution < 1.29 is 18.7 Å². The molecule has 5 nitrogen and oxygen atoms in total. The fourth-order valence-corrected chi connectivity index (χ4v) is 3.06. The maximum atomic E-state index is 13.2. The molecule has 3 rings (SSSR count). The molecule has 0 radical (unpaired) electrons. The molecular weight excluding hydrogens is 335 g/mol. The molecule has 0 atom stereocenters. The first-order valence-corrected chi connectivity index (χ1v) is 8.66. The number of nitrogens with one attached hydrogen (secondary N) is 2. The first kappa shape index (κ1) is 18.4. The summed E-state index contributed by atoms with van der Waals surface area (Å²) in [5, 5.41) is 6.15. The van der Waals surface area contributed by atoms with Crippen LogP contribution in [0.4, 0.5) is 10.1 Å². The molecule has 0 unspecified atom stereocenters. The number of hydrogen-bond acceptors (Lipinski definition) is 4. The Morgan fingerprint density at radius 2 is 1.96 bits per heavy atom. The van der Waals surface area contributed by atoms with E-state index in [1.165, 1.54) is 12.1 Å². The Balaban J connectivity index is 1.64. The van der Waals surface area contributed by atoms with Crippen molar-refractivity contribution in [3.63, 3.8) is 0 Å². The Hall–Kier alpha value is -2.44. The van der Waals surface area contributed by atoms with Crippen LogP contribution in [0.25, 0.3) is 0 Å². The molecule has 26 heavy (non-hydrogen) atoms. The minimum absolute atomic E-state index is 0.149. The van der Waals surface area contributed by atoms with Gasteiger partial charge in [-0.2, -0.15) is 0 Å². The van der Waals surface area contributed by atoms with E-state index in [0.717, 1.165) is 18.7 Å². The highest BCUT2D eigenvalue weighted by Gasteiger charge is 2.39. The molecule has 6 heteroatoms. The molecule has 2 aromatic rings. The molecular formula is C20H23FN2O3. The SMILES string of the molecule is COC1(C(=O)Nc2cccc(OCc3cccc(F)c3)c2)CCNCC1. The molecule has 2 N–H and O–H groups in total. The second-order valence-electron chi connectivity index (χ2n) is 6.35. The molecule has 1 heterocycles. The van der Waals surface area contributed by atoms with Crippen LogP contribution < -0.4 is 15.4 Å². The lowest BCUT2D eigenvalue weighted by Gasteiger charge is -2.34. The highest BCUT2D eigenvalue weighted by Crippen LogP contribution is 2.26. The van der Waals surface area contributed by atoms with E-state index in [1.807, 2.05) is 0 Å². The van der Waals surface area contributed by atoms with Crippen LogP contribution in [-0.2, 0) is 16.1 Å². The van der Waals surface area contributed by atoms with Gasteiger partial charge in [-0.15, -0.1) is 0 Å². The number of rotatable bonds is 6. The highest BCUT2D eigenvalue weighted by molar-refractivity contribution is 5.97. The van der Waals surface area contributed by atoms with E-state index in [-0.39, 0.29) is 18.3 Å². The molecule has 0 aromatic heterocycles. The van der Waals surface area contributed by atoms with E-state index in [2.05, 4.69) is 10.6 Å². The van der Waals surface area contributed by atoms with Crippen molar-refractivity contribution in [2.75, 3.05) is 25.5 Å². The number of hydrogen-bond donors (Lipinski definition) is 2.